The number of benzene rings is 1. The van der Waals surface area contributed by atoms with Crippen molar-refractivity contribution in [1.82, 2.24) is 10.2 Å². The first-order valence-corrected chi connectivity index (χ1v) is 11.8. The molecular weight excluding hydrogens is 394 g/mol. The molecule has 0 radical (unpaired) electrons. The van der Waals surface area contributed by atoms with Gasteiger partial charge in [-0.2, -0.15) is 0 Å². The zero-order valence-electron chi connectivity index (χ0n) is 16.6. The summed E-state index contributed by atoms with van der Waals surface area (Å²) in [7, 11) is -3.36. The van der Waals surface area contributed by atoms with Gasteiger partial charge in [0.25, 0.3) is 5.91 Å². The monoisotopic (exact) mass is 419 g/mol. The summed E-state index contributed by atoms with van der Waals surface area (Å²) in [6.07, 6.45) is 5.05. The molecule has 1 saturated heterocycles. The number of urea groups is 1. The van der Waals surface area contributed by atoms with E-state index in [1.807, 2.05) is 6.92 Å². The molecular formula is C20H25N3O5S. The van der Waals surface area contributed by atoms with E-state index in [4.69, 9.17) is 0 Å². The number of Topliss-reactive ketones (excluding diaryl/α,β-unsaturated/α-hetero) is 1. The smallest absolute Gasteiger partial charge is 0.323 e. The number of sulfonamides is 1. The fourth-order valence-corrected chi connectivity index (χ4v) is 5.72. The van der Waals surface area contributed by atoms with Gasteiger partial charge in [0.2, 0.25) is 10.0 Å². The molecule has 29 heavy (non-hydrogen) atoms. The van der Waals surface area contributed by atoms with E-state index in [1.54, 1.807) is 18.2 Å². The molecule has 9 heteroatoms. The first-order chi connectivity index (χ1) is 13.6. The van der Waals surface area contributed by atoms with Crippen molar-refractivity contribution in [2.75, 3.05) is 23.7 Å². The predicted octanol–water partition coefficient (Wildman–Crippen LogP) is 1.69. The van der Waals surface area contributed by atoms with Crippen LogP contribution in [0.1, 0.15) is 48.5 Å². The van der Waals surface area contributed by atoms with Crippen molar-refractivity contribution in [2.45, 2.75) is 44.6 Å². The Morgan fingerprint density at radius 1 is 1.28 bits per heavy atom. The van der Waals surface area contributed by atoms with Crippen LogP contribution in [0.3, 0.4) is 0 Å². The Hall–Kier alpha value is -2.42. The van der Waals surface area contributed by atoms with Gasteiger partial charge in [-0.05, 0) is 48.9 Å². The molecule has 3 aliphatic rings. The van der Waals surface area contributed by atoms with E-state index in [1.165, 1.54) is 4.31 Å². The minimum Gasteiger partial charge on any atom is -0.323 e. The molecule has 2 fully saturated rings. The third-order valence-corrected chi connectivity index (χ3v) is 7.64. The van der Waals surface area contributed by atoms with Gasteiger partial charge in [-0.1, -0.05) is 19.8 Å². The summed E-state index contributed by atoms with van der Waals surface area (Å²) < 4.78 is 25.0. The van der Waals surface area contributed by atoms with E-state index in [-0.39, 0.29) is 24.2 Å². The molecule has 1 aromatic rings. The van der Waals surface area contributed by atoms with Crippen LogP contribution >= 0.6 is 0 Å². The van der Waals surface area contributed by atoms with Crippen molar-refractivity contribution in [3.8, 4) is 0 Å². The van der Waals surface area contributed by atoms with E-state index in [2.05, 4.69) is 5.32 Å². The molecule has 2 aliphatic heterocycles. The highest BCUT2D eigenvalue weighted by molar-refractivity contribution is 7.92. The topological polar surface area (TPSA) is 104 Å². The molecule has 4 rings (SSSR count). The van der Waals surface area contributed by atoms with Gasteiger partial charge < -0.3 is 5.32 Å². The highest BCUT2D eigenvalue weighted by Gasteiger charge is 2.55. The number of imide groups is 1. The van der Waals surface area contributed by atoms with E-state index in [9.17, 15) is 22.8 Å². The number of carbonyl (C=O) groups is 3. The molecule has 2 heterocycles. The summed E-state index contributed by atoms with van der Waals surface area (Å²) in [5.41, 5.74) is 0.839. The summed E-state index contributed by atoms with van der Waals surface area (Å²) in [5, 5.41) is 2.85. The zero-order valence-corrected chi connectivity index (χ0v) is 17.4. The molecule has 1 spiro atoms. The van der Waals surface area contributed by atoms with Gasteiger partial charge in [0.1, 0.15) is 5.54 Å². The van der Waals surface area contributed by atoms with Crippen molar-refractivity contribution in [2.24, 2.45) is 5.92 Å². The maximum absolute atomic E-state index is 13.0. The number of hydrogen-bond acceptors (Lipinski definition) is 5. The summed E-state index contributed by atoms with van der Waals surface area (Å²) in [6, 6.07) is 4.33. The minimum atomic E-state index is -3.36. The van der Waals surface area contributed by atoms with Crippen molar-refractivity contribution in [3.63, 3.8) is 0 Å². The van der Waals surface area contributed by atoms with Gasteiger partial charge >= 0.3 is 6.03 Å². The van der Waals surface area contributed by atoms with Gasteiger partial charge in [-0.15, -0.1) is 0 Å². The average molecular weight is 420 g/mol. The number of rotatable bonds is 4. The lowest BCUT2D eigenvalue weighted by atomic mass is 9.73. The summed E-state index contributed by atoms with van der Waals surface area (Å²) in [5.74, 6) is -0.614. The van der Waals surface area contributed by atoms with Crippen LogP contribution in [-0.4, -0.2) is 55.9 Å². The van der Waals surface area contributed by atoms with Crippen molar-refractivity contribution in [1.29, 1.82) is 0 Å². The average Bonchev–Trinajstić information content (AvgIpc) is 3.19. The molecule has 0 bridgehead atoms. The molecule has 1 saturated carbocycles. The quantitative estimate of drug-likeness (QED) is 0.591. The van der Waals surface area contributed by atoms with Crippen LogP contribution in [0.25, 0.3) is 0 Å². The highest BCUT2D eigenvalue weighted by atomic mass is 32.2. The molecule has 1 N–H and O–H groups in total. The molecule has 2 atom stereocenters. The van der Waals surface area contributed by atoms with E-state index >= 15 is 0 Å². The maximum Gasteiger partial charge on any atom is 0.325 e. The number of nitrogens with zero attached hydrogens (tertiary/aromatic N) is 2. The van der Waals surface area contributed by atoms with Crippen molar-refractivity contribution >= 4 is 33.4 Å². The Kier molecular flexibility index (Phi) is 4.68. The third-order valence-electron chi connectivity index (χ3n) is 6.46. The SMILES string of the molecule is C[C@H]1CCCC[C@]12NC(=O)N(CC(=O)c1ccc3c(c1)CCN3S(C)(=O)=O)C2=O. The number of anilines is 1. The van der Waals surface area contributed by atoms with Gasteiger partial charge in [-0.25, -0.2) is 13.2 Å². The minimum absolute atomic E-state index is 0.0368. The lowest BCUT2D eigenvalue weighted by Crippen LogP contribution is -2.54. The second-order valence-electron chi connectivity index (χ2n) is 8.29. The number of nitrogens with one attached hydrogen (secondary N) is 1. The summed E-state index contributed by atoms with van der Waals surface area (Å²) in [6.45, 7) is 2.00. The Bertz CT molecular complexity index is 1010. The molecule has 0 aromatic heterocycles. The second kappa shape index (κ2) is 6.83. The fraction of sp³-hybridized carbons (Fsp3) is 0.550. The van der Waals surface area contributed by atoms with Gasteiger partial charge in [0.15, 0.2) is 5.78 Å². The van der Waals surface area contributed by atoms with E-state index in [0.717, 1.165) is 36.0 Å². The fourth-order valence-electron chi connectivity index (χ4n) is 4.76. The standard InChI is InChI=1S/C20H25N3O5S/c1-13-5-3-4-9-20(13)18(25)22(19(26)21-20)12-17(24)15-6-7-16-14(11-15)8-10-23(16)29(2,27)28/h6-7,11,13H,3-5,8-10,12H2,1-2H3,(H,21,26)/t13-,20-/m0/s1. The lowest BCUT2D eigenvalue weighted by molar-refractivity contribution is -0.133. The Morgan fingerprint density at radius 3 is 2.72 bits per heavy atom. The predicted molar refractivity (Wildman–Crippen MR) is 107 cm³/mol. The number of carbonyl (C=O) groups excluding carboxylic acids is 3. The number of amides is 3. The van der Waals surface area contributed by atoms with Crippen LogP contribution in [0.5, 0.6) is 0 Å². The van der Waals surface area contributed by atoms with Gasteiger partial charge in [0, 0.05) is 12.1 Å². The number of ketones is 1. The Morgan fingerprint density at radius 2 is 2.03 bits per heavy atom. The molecule has 0 unspecified atom stereocenters. The maximum atomic E-state index is 13.0. The summed E-state index contributed by atoms with van der Waals surface area (Å²) in [4.78, 5) is 39.4. The molecule has 8 nitrogen and oxygen atoms in total. The van der Waals surface area contributed by atoms with E-state index in [0.29, 0.717) is 30.6 Å². The number of hydrogen-bond donors (Lipinski definition) is 1. The van der Waals surface area contributed by atoms with Crippen molar-refractivity contribution in [3.05, 3.63) is 29.3 Å². The summed E-state index contributed by atoms with van der Waals surface area (Å²) >= 11 is 0. The largest absolute Gasteiger partial charge is 0.325 e. The molecule has 156 valence electrons. The zero-order chi connectivity index (χ0) is 21.0. The third kappa shape index (κ3) is 3.21. The van der Waals surface area contributed by atoms with Crippen LogP contribution < -0.4 is 9.62 Å². The van der Waals surface area contributed by atoms with Crippen LogP contribution in [0.15, 0.2) is 18.2 Å². The highest BCUT2D eigenvalue weighted by Crippen LogP contribution is 2.38. The number of fused-ring (bicyclic) bond motifs is 1. The molecule has 1 aliphatic carbocycles. The first-order valence-electron chi connectivity index (χ1n) is 9.91. The lowest BCUT2D eigenvalue weighted by Gasteiger charge is -2.36. The normalized spacial score (nSPS) is 26.8. The Balaban J connectivity index is 1.53. The Labute approximate surface area is 170 Å². The van der Waals surface area contributed by atoms with Crippen LogP contribution in [-0.2, 0) is 21.2 Å². The van der Waals surface area contributed by atoms with Gasteiger partial charge in [0.05, 0.1) is 18.5 Å². The van der Waals surface area contributed by atoms with E-state index < -0.39 is 21.6 Å². The van der Waals surface area contributed by atoms with Crippen molar-refractivity contribution < 1.29 is 22.8 Å². The van der Waals surface area contributed by atoms with Crippen LogP contribution in [0, 0.1) is 5.92 Å². The van der Waals surface area contributed by atoms with Gasteiger partial charge in [-0.3, -0.25) is 18.8 Å². The second-order valence-corrected chi connectivity index (χ2v) is 10.2. The van der Waals surface area contributed by atoms with Crippen LogP contribution in [0.2, 0.25) is 0 Å². The molecule has 3 amide bonds. The first kappa shape index (κ1) is 19.9. The molecule has 1 aromatic carbocycles. The van der Waals surface area contributed by atoms with Crippen LogP contribution in [0.4, 0.5) is 10.5 Å².